The van der Waals surface area contributed by atoms with E-state index in [1.165, 1.54) is 83.5 Å². The lowest BCUT2D eigenvalue weighted by Gasteiger charge is -2.16. The Kier molecular flexibility index (Phi) is 20.0. The third-order valence-electron chi connectivity index (χ3n) is 4.79. The Bertz CT molecular complexity index is 248. The third-order valence-corrected chi connectivity index (χ3v) is 4.79. The second kappa shape index (κ2) is 20.2. The van der Waals surface area contributed by atoms with Crippen LogP contribution in [0.4, 0.5) is 0 Å². The highest BCUT2D eigenvalue weighted by molar-refractivity contribution is 4.59. The molecule has 0 saturated carbocycles. The number of unbranched alkanes of at least 4 members (excludes halogenated alkanes) is 12. The zero-order valence-corrected chi connectivity index (χ0v) is 16.9. The van der Waals surface area contributed by atoms with Crippen LogP contribution in [-0.4, -0.2) is 49.4 Å². The molecule has 0 aliphatic heterocycles. The van der Waals surface area contributed by atoms with E-state index in [1.807, 2.05) is 0 Å². The molecule has 0 aliphatic rings. The van der Waals surface area contributed by atoms with Crippen molar-refractivity contribution in [2.45, 2.75) is 109 Å². The van der Waals surface area contributed by atoms with Gasteiger partial charge in [-0.05, 0) is 6.42 Å². The summed E-state index contributed by atoms with van der Waals surface area (Å²) in [6, 6.07) is 0. The predicted octanol–water partition coefficient (Wildman–Crippen LogP) is 4.85. The van der Waals surface area contributed by atoms with E-state index in [9.17, 15) is 5.11 Å². The van der Waals surface area contributed by atoms with Crippen LogP contribution in [-0.2, 0) is 9.47 Å². The number of rotatable bonds is 20. The molecule has 25 heavy (non-hydrogen) atoms. The van der Waals surface area contributed by atoms with Crippen LogP contribution >= 0.6 is 0 Å². The van der Waals surface area contributed by atoms with E-state index in [-0.39, 0.29) is 19.3 Å². The van der Waals surface area contributed by atoms with Crippen molar-refractivity contribution in [3.8, 4) is 0 Å². The van der Waals surface area contributed by atoms with E-state index in [2.05, 4.69) is 6.92 Å². The molecule has 0 bridgehead atoms. The monoisotopic (exact) mass is 360 g/mol. The van der Waals surface area contributed by atoms with Gasteiger partial charge in [-0.1, -0.05) is 90.4 Å². The molecule has 0 aliphatic carbocycles. The van der Waals surface area contributed by atoms with Crippen LogP contribution in [0.2, 0.25) is 0 Å². The fourth-order valence-corrected chi connectivity index (χ4v) is 3.05. The number of hydrogen-bond donors (Lipinski definition) is 2. The van der Waals surface area contributed by atoms with Gasteiger partial charge in [0.2, 0.25) is 0 Å². The molecule has 0 heterocycles. The minimum atomic E-state index is -0.783. The van der Waals surface area contributed by atoms with Crippen LogP contribution in [0, 0.1) is 0 Å². The van der Waals surface area contributed by atoms with Gasteiger partial charge >= 0.3 is 0 Å². The van der Waals surface area contributed by atoms with Crippen molar-refractivity contribution < 1.29 is 19.7 Å². The van der Waals surface area contributed by atoms with E-state index >= 15 is 0 Å². The van der Waals surface area contributed by atoms with Crippen molar-refractivity contribution in [3.05, 3.63) is 0 Å². The number of aliphatic hydroxyl groups excluding tert-OH is 2. The standard InChI is InChI=1S/C21H44O4/c1-3-4-5-6-7-8-9-10-11-12-13-14-15-16-21(24-2)19-25-18-20(23)17-22/h20-23H,3-19H2,1-2H3. The van der Waals surface area contributed by atoms with E-state index < -0.39 is 6.10 Å². The van der Waals surface area contributed by atoms with E-state index in [0.29, 0.717) is 6.61 Å². The van der Waals surface area contributed by atoms with Gasteiger partial charge in [0.15, 0.2) is 0 Å². The average Bonchev–Trinajstić information content (AvgIpc) is 2.63. The summed E-state index contributed by atoms with van der Waals surface area (Å²) >= 11 is 0. The Hall–Kier alpha value is -0.160. The van der Waals surface area contributed by atoms with Crippen molar-refractivity contribution in [1.82, 2.24) is 0 Å². The van der Waals surface area contributed by atoms with Crippen LogP contribution in [0.5, 0.6) is 0 Å². The smallest absolute Gasteiger partial charge is 0.100 e. The Morgan fingerprint density at radius 1 is 0.720 bits per heavy atom. The molecule has 4 nitrogen and oxygen atoms in total. The Morgan fingerprint density at radius 2 is 1.20 bits per heavy atom. The lowest BCUT2D eigenvalue weighted by molar-refractivity contribution is -0.0381. The van der Waals surface area contributed by atoms with Gasteiger partial charge < -0.3 is 19.7 Å². The first-order valence-electron chi connectivity index (χ1n) is 10.6. The molecule has 2 N–H and O–H groups in total. The van der Waals surface area contributed by atoms with Gasteiger partial charge in [0.1, 0.15) is 6.10 Å². The van der Waals surface area contributed by atoms with Crippen molar-refractivity contribution in [3.63, 3.8) is 0 Å². The molecule has 0 saturated heterocycles. The SMILES string of the molecule is CCCCCCCCCCCCCCCC(COCC(O)CO)OC. The molecule has 0 aromatic heterocycles. The lowest BCUT2D eigenvalue weighted by atomic mass is 10.0. The fourth-order valence-electron chi connectivity index (χ4n) is 3.05. The zero-order chi connectivity index (χ0) is 18.6. The van der Waals surface area contributed by atoms with Gasteiger partial charge in [-0.25, -0.2) is 0 Å². The van der Waals surface area contributed by atoms with Crippen molar-refractivity contribution in [1.29, 1.82) is 0 Å². The van der Waals surface area contributed by atoms with Crippen molar-refractivity contribution >= 4 is 0 Å². The second-order valence-corrected chi connectivity index (χ2v) is 7.26. The molecule has 0 rings (SSSR count). The van der Waals surface area contributed by atoms with Gasteiger partial charge in [-0.2, -0.15) is 0 Å². The summed E-state index contributed by atoms with van der Waals surface area (Å²) in [6.45, 7) is 2.69. The Morgan fingerprint density at radius 3 is 1.64 bits per heavy atom. The predicted molar refractivity (Wildman–Crippen MR) is 105 cm³/mol. The van der Waals surface area contributed by atoms with Crippen molar-refractivity contribution in [2.75, 3.05) is 26.9 Å². The highest BCUT2D eigenvalue weighted by Gasteiger charge is 2.09. The molecule has 0 aromatic carbocycles. The summed E-state index contributed by atoms with van der Waals surface area (Å²) in [5, 5.41) is 18.0. The van der Waals surface area contributed by atoms with Crippen LogP contribution < -0.4 is 0 Å². The summed E-state index contributed by atoms with van der Waals surface area (Å²) in [5.74, 6) is 0. The molecule has 152 valence electrons. The van der Waals surface area contributed by atoms with Crippen molar-refractivity contribution in [2.24, 2.45) is 0 Å². The summed E-state index contributed by atoms with van der Waals surface area (Å²) in [7, 11) is 1.71. The summed E-state index contributed by atoms with van der Waals surface area (Å²) in [5.41, 5.74) is 0. The lowest BCUT2D eigenvalue weighted by Crippen LogP contribution is -2.24. The first-order chi connectivity index (χ1) is 12.2. The zero-order valence-electron chi connectivity index (χ0n) is 16.9. The Labute approximate surface area is 156 Å². The molecule has 0 spiro atoms. The molecule has 0 fully saturated rings. The molecule has 0 radical (unpaired) electrons. The first-order valence-corrected chi connectivity index (χ1v) is 10.6. The maximum Gasteiger partial charge on any atom is 0.100 e. The van der Waals surface area contributed by atoms with Crippen LogP contribution in [0.1, 0.15) is 96.8 Å². The Balaban J connectivity index is 3.27. The number of aliphatic hydroxyl groups is 2. The van der Waals surface area contributed by atoms with Gasteiger partial charge in [-0.15, -0.1) is 0 Å². The average molecular weight is 361 g/mol. The maximum atomic E-state index is 9.23. The summed E-state index contributed by atoms with van der Waals surface area (Å²) in [4.78, 5) is 0. The minimum Gasteiger partial charge on any atom is -0.394 e. The minimum absolute atomic E-state index is 0.0959. The normalized spacial score (nSPS) is 13.9. The summed E-state index contributed by atoms with van der Waals surface area (Å²) in [6.07, 6.45) is 18.0. The van der Waals surface area contributed by atoms with E-state index in [1.54, 1.807) is 7.11 Å². The molecule has 0 amide bonds. The molecule has 2 atom stereocenters. The van der Waals surface area contributed by atoms with E-state index in [4.69, 9.17) is 14.6 Å². The maximum absolute atomic E-state index is 9.23. The van der Waals surface area contributed by atoms with Crippen LogP contribution in [0.25, 0.3) is 0 Å². The topological polar surface area (TPSA) is 58.9 Å². The van der Waals surface area contributed by atoms with Crippen LogP contribution in [0.15, 0.2) is 0 Å². The van der Waals surface area contributed by atoms with Gasteiger partial charge in [0, 0.05) is 7.11 Å². The quantitative estimate of drug-likeness (QED) is 0.305. The largest absolute Gasteiger partial charge is 0.394 e. The molecule has 2 unspecified atom stereocenters. The molecular weight excluding hydrogens is 316 g/mol. The number of hydrogen-bond acceptors (Lipinski definition) is 4. The summed E-state index contributed by atoms with van der Waals surface area (Å²) < 4.78 is 10.8. The van der Waals surface area contributed by atoms with E-state index in [0.717, 1.165) is 6.42 Å². The fraction of sp³-hybridized carbons (Fsp3) is 1.00. The number of ether oxygens (including phenoxy) is 2. The van der Waals surface area contributed by atoms with Gasteiger partial charge in [-0.3, -0.25) is 0 Å². The highest BCUT2D eigenvalue weighted by atomic mass is 16.5. The van der Waals surface area contributed by atoms with Gasteiger partial charge in [0.25, 0.3) is 0 Å². The highest BCUT2D eigenvalue weighted by Crippen LogP contribution is 2.14. The molecule has 0 aromatic rings. The second-order valence-electron chi connectivity index (χ2n) is 7.26. The van der Waals surface area contributed by atoms with Gasteiger partial charge in [0.05, 0.1) is 25.9 Å². The number of methoxy groups -OCH3 is 1. The first kappa shape index (κ1) is 24.8. The molecular formula is C21H44O4. The molecule has 4 heteroatoms. The van der Waals surface area contributed by atoms with Crippen LogP contribution in [0.3, 0.4) is 0 Å². The third kappa shape index (κ3) is 18.4.